The Morgan fingerprint density at radius 1 is 0.308 bits per heavy atom. The van der Waals surface area contributed by atoms with Gasteiger partial charge in [-0.2, -0.15) is 0 Å². The summed E-state index contributed by atoms with van der Waals surface area (Å²) in [6, 6.07) is 0. The molecular formula is C72H140O17P2. The maximum atomic E-state index is 13.0. The van der Waals surface area contributed by atoms with E-state index in [2.05, 4.69) is 41.5 Å². The zero-order valence-electron chi connectivity index (χ0n) is 59.1. The molecule has 0 bridgehead atoms. The highest BCUT2D eigenvalue weighted by molar-refractivity contribution is 7.47. The van der Waals surface area contributed by atoms with Crippen LogP contribution in [0.3, 0.4) is 0 Å². The quantitative estimate of drug-likeness (QED) is 0.0222. The summed E-state index contributed by atoms with van der Waals surface area (Å²) >= 11 is 0. The lowest BCUT2D eigenvalue weighted by atomic mass is 10.00. The summed E-state index contributed by atoms with van der Waals surface area (Å²) in [5, 5.41) is 10.6. The summed E-state index contributed by atoms with van der Waals surface area (Å²) in [5.74, 6) is -0.673. The predicted octanol–water partition coefficient (Wildman–Crippen LogP) is 20.8. The van der Waals surface area contributed by atoms with Gasteiger partial charge in [-0.05, 0) is 37.5 Å². The van der Waals surface area contributed by atoms with E-state index in [0.717, 1.165) is 108 Å². The highest BCUT2D eigenvalue weighted by atomic mass is 31.2. The van der Waals surface area contributed by atoms with Crippen LogP contribution in [0.25, 0.3) is 0 Å². The van der Waals surface area contributed by atoms with E-state index in [9.17, 15) is 43.2 Å². The Morgan fingerprint density at radius 2 is 0.527 bits per heavy atom. The fourth-order valence-electron chi connectivity index (χ4n) is 10.9. The monoisotopic (exact) mass is 1340 g/mol. The maximum Gasteiger partial charge on any atom is 0.472 e. The molecule has 0 amide bonds. The van der Waals surface area contributed by atoms with Gasteiger partial charge in [0.05, 0.1) is 26.4 Å². The molecule has 0 aliphatic rings. The standard InChI is InChI=1S/C72H140O17P2/c1-7-11-13-15-17-19-21-23-25-26-27-29-31-33-35-44-50-56-71(76)88-67(60-82-69(74)54-48-42-34-32-30-28-24-22-20-18-16-14-12-8-2)62-86-90(78,79)84-58-66(73)59-85-91(80,81)87-63-68(89-72(77)57-51-45-39-37-41-47-53-65(6)10-4)61-83-70(75)55-49-43-38-36-40-46-52-64(5)9-3/h64-68,73H,7-63H2,1-6H3,(H,78,79)(H,80,81)/t64?,65?,66-,67-,68-/m1/s1. The third-order valence-corrected chi connectivity index (χ3v) is 19.3. The van der Waals surface area contributed by atoms with Gasteiger partial charge in [0, 0.05) is 25.7 Å². The van der Waals surface area contributed by atoms with Crippen molar-refractivity contribution in [2.75, 3.05) is 39.6 Å². The average Bonchev–Trinajstić information content (AvgIpc) is 2.80. The molecular weight excluding hydrogens is 1200 g/mol. The summed E-state index contributed by atoms with van der Waals surface area (Å²) in [6.45, 7) is 9.48. The van der Waals surface area contributed by atoms with E-state index in [4.69, 9.17) is 37.0 Å². The van der Waals surface area contributed by atoms with Crippen LogP contribution in [0.15, 0.2) is 0 Å². The van der Waals surface area contributed by atoms with E-state index in [0.29, 0.717) is 25.7 Å². The summed E-state index contributed by atoms with van der Waals surface area (Å²) in [7, 11) is -9.90. The van der Waals surface area contributed by atoms with Crippen LogP contribution in [0.4, 0.5) is 0 Å². The van der Waals surface area contributed by atoms with Gasteiger partial charge in [0.25, 0.3) is 0 Å². The molecule has 0 fully saturated rings. The summed E-state index contributed by atoms with van der Waals surface area (Å²) in [4.78, 5) is 72.6. The maximum absolute atomic E-state index is 13.0. The molecule has 91 heavy (non-hydrogen) atoms. The zero-order valence-corrected chi connectivity index (χ0v) is 60.9. The topological polar surface area (TPSA) is 237 Å². The third-order valence-electron chi connectivity index (χ3n) is 17.4. The lowest BCUT2D eigenvalue weighted by Crippen LogP contribution is -2.30. The van der Waals surface area contributed by atoms with Gasteiger partial charge in [0.1, 0.15) is 19.3 Å². The number of hydrogen-bond acceptors (Lipinski definition) is 15. The van der Waals surface area contributed by atoms with Crippen LogP contribution in [0.1, 0.15) is 369 Å². The number of carbonyl (C=O) groups is 4. The average molecular weight is 1340 g/mol. The van der Waals surface area contributed by atoms with E-state index >= 15 is 0 Å². The van der Waals surface area contributed by atoms with Crippen LogP contribution in [0, 0.1) is 11.8 Å². The third kappa shape index (κ3) is 63.9. The smallest absolute Gasteiger partial charge is 0.462 e. The Morgan fingerprint density at radius 3 is 0.780 bits per heavy atom. The molecule has 0 aliphatic heterocycles. The van der Waals surface area contributed by atoms with E-state index in [1.54, 1.807) is 0 Å². The van der Waals surface area contributed by atoms with Crippen molar-refractivity contribution in [3.63, 3.8) is 0 Å². The molecule has 0 aromatic carbocycles. The number of esters is 4. The minimum absolute atomic E-state index is 0.102. The SMILES string of the molecule is CCCCCCCCCCCCCCCCCCCC(=O)O[C@H](COC(=O)CCCCCCCCCCCCCCCC)COP(=O)(O)OC[C@@H](O)COP(=O)(O)OC[C@@H](COC(=O)CCCCCCCCC(C)CC)OC(=O)CCCCCCCCC(C)CC. The fourth-order valence-corrected chi connectivity index (χ4v) is 12.5. The normalized spacial score (nSPS) is 14.7. The van der Waals surface area contributed by atoms with Crippen LogP contribution in [-0.4, -0.2) is 96.7 Å². The van der Waals surface area contributed by atoms with E-state index in [1.165, 1.54) is 180 Å². The van der Waals surface area contributed by atoms with Gasteiger partial charge >= 0.3 is 39.5 Å². The van der Waals surface area contributed by atoms with Crippen LogP contribution in [0.2, 0.25) is 0 Å². The first-order chi connectivity index (χ1) is 43.9. The number of phosphoric acid groups is 2. The molecule has 0 rings (SSSR count). The molecule has 540 valence electrons. The van der Waals surface area contributed by atoms with Gasteiger partial charge in [-0.3, -0.25) is 37.3 Å². The second-order valence-electron chi connectivity index (χ2n) is 26.5. The van der Waals surface area contributed by atoms with Gasteiger partial charge in [-0.15, -0.1) is 0 Å². The second kappa shape index (κ2) is 64.1. The fraction of sp³-hybridized carbons (Fsp3) is 0.944. The van der Waals surface area contributed by atoms with Gasteiger partial charge in [0.2, 0.25) is 0 Å². The molecule has 0 saturated carbocycles. The number of aliphatic hydroxyl groups excluding tert-OH is 1. The molecule has 17 nitrogen and oxygen atoms in total. The van der Waals surface area contributed by atoms with Crippen LogP contribution < -0.4 is 0 Å². The lowest BCUT2D eigenvalue weighted by Gasteiger charge is -2.21. The molecule has 4 unspecified atom stereocenters. The number of unbranched alkanes of at least 4 members (excludes halogenated alkanes) is 39. The Hall–Kier alpha value is -1.94. The van der Waals surface area contributed by atoms with Crippen molar-refractivity contribution in [3.8, 4) is 0 Å². The molecule has 0 aliphatic carbocycles. The molecule has 3 N–H and O–H groups in total. The Balaban J connectivity index is 5.24. The first kappa shape index (κ1) is 89.1. The van der Waals surface area contributed by atoms with Crippen LogP contribution >= 0.6 is 15.6 Å². The molecule has 0 heterocycles. The van der Waals surface area contributed by atoms with E-state index in [1.807, 2.05) is 0 Å². The van der Waals surface area contributed by atoms with Gasteiger partial charge in [0.15, 0.2) is 12.2 Å². The largest absolute Gasteiger partial charge is 0.472 e. The second-order valence-corrected chi connectivity index (χ2v) is 29.4. The van der Waals surface area contributed by atoms with Crippen molar-refractivity contribution in [2.24, 2.45) is 11.8 Å². The van der Waals surface area contributed by atoms with Crippen molar-refractivity contribution < 1.29 is 80.2 Å². The molecule has 7 atom stereocenters. The number of ether oxygens (including phenoxy) is 4. The number of hydrogen-bond donors (Lipinski definition) is 3. The minimum Gasteiger partial charge on any atom is -0.462 e. The predicted molar refractivity (Wildman–Crippen MR) is 368 cm³/mol. The van der Waals surface area contributed by atoms with Crippen molar-refractivity contribution in [2.45, 2.75) is 387 Å². The molecule has 19 heteroatoms. The number of aliphatic hydroxyl groups is 1. The van der Waals surface area contributed by atoms with Crippen molar-refractivity contribution in [1.29, 1.82) is 0 Å². The van der Waals surface area contributed by atoms with Crippen molar-refractivity contribution >= 4 is 39.5 Å². The van der Waals surface area contributed by atoms with Crippen molar-refractivity contribution in [1.82, 2.24) is 0 Å². The highest BCUT2D eigenvalue weighted by Crippen LogP contribution is 2.45. The lowest BCUT2D eigenvalue weighted by molar-refractivity contribution is -0.161. The Bertz CT molecular complexity index is 1770. The summed E-state index contributed by atoms with van der Waals surface area (Å²) in [6.07, 6.45) is 50.0. The first-order valence-electron chi connectivity index (χ1n) is 37.6. The summed E-state index contributed by atoms with van der Waals surface area (Å²) < 4.78 is 68.3. The zero-order chi connectivity index (χ0) is 67.2. The van der Waals surface area contributed by atoms with Gasteiger partial charge < -0.3 is 33.8 Å². The molecule has 0 saturated heterocycles. The molecule has 0 aromatic rings. The number of rotatable bonds is 71. The minimum atomic E-state index is -4.95. The van der Waals surface area contributed by atoms with E-state index < -0.39 is 97.5 Å². The molecule has 0 aromatic heterocycles. The van der Waals surface area contributed by atoms with Gasteiger partial charge in [-0.1, -0.05) is 318 Å². The van der Waals surface area contributed by atoms with Crippen LogP contribution in [0.5, 0.6) is 0 Å². The number of phosphoric ester groups is 2. The highest BCUT2D eigenvalue weighted by Gasteiger charge is 2.30. The van der Waals surface area contributed by atoms with Gasteiger partial charge in [-0.25, -0.2) is 9.13 Å². The Kier molecular flexibility index (Phi) is 62.7. The first-order valence-corrected chi connectivity index (χ1v) is 40.6. The molecule has 0 radical (unpaired) electrons. The molecule has 0 spiro atoms. The summed E-state index contributed by atoms with van der Waals surface area (Å²) in [5.41, 5.74) is 0. The van der Waals surface area contributed by atoms with E-state index in [-0.39, 0.29) is 25.7 Å². The van der Waals surface area contributed by atoms with Crippen molar-refractivity contribution in [3.05, 3.63) is 0 Å². The van der Waals surface area contributed by atoms with Crippen LogP contribution in [-0.2, 0) is 65.4 Å². The Labute approximate surface area is 556 Å². The number of carbonyl (C=O) groups excluding carboxylic acids is 4.